The van der Waals surface area contributed by atoms with Crippen LogP contribution in [0.1, 0.15) is 74.7 Å². The summed E-state index contributed by atoms with van der Waals surface area (Å²) in [6.07, 6.45) is -1.02. The molecule has 1 aliphatic rings. The molecule has 0 bridgehead atoms. The Hall–Kier alpha value is -1.67. The van der Waals surface area contributed by atoms with E-state index in [9.17, 15) is 9.90 Å². The predicted octanol–water partition coefficient (Wildman–Crippen LogP) is 4.66. The number of carbonyl (C=O) groups is 1. The van der Waals surface area contributed by atoms with E-state index >= 15 is 0 Å². The van der Waals surface area contributed by atoms with E-state index in [4.69, 9.17) is 0 Å². The maximum atomic E-state index is 12.5. The van der Waals surface area contributed by atoms with Gasteiger partial charge in [-0.25, -0.2) is 0 Å². The molecular weight excluding hydrogens is 272 g/mol. The Morgan fingerprint density at radius 2 is 1.36 bits per heavy atom. The first-order valence-corrected chi connectivity index (χ1v) is 7.85. The molecule has 1 atom stereocenters. The van der Waals surface area contributed by atoms with Crippen molar-refractivity contribution in [3.05, 3.63) is 46.5 Å². The van der Waals surface area contributed by atoms with Crippen molar-refractivity contribution in [2.75, 3.05) is 0 Å². The fourth-order valence-corrected chi connectivity index (χ4v) is 3.11. The zero-order valence-electron chi connectivity index (χ0n) is 14.2. The average molecular weight is 296 g/mol. The van der Waals surface area contributed by atoms with Gasteiger partial charge >= 0.3 is 0 Å². The summed E-state index contributed by atoms with van der Waals surface area (Å²) in [6, 6.07) is 8.30. The van der Waals surface area contributed by atoms with E-state index in [0.29, 0.717) is 5.56 Å². The summed E-state index contributed by atoms with van der Waals surface area (Å²) in [6.45, 7) is 12.9. The molecule has 0 fully saturated rings. The van der Waals surface area contributed by atoms with Crippen molar-refractivity contribution in [3.63, 3.8) is 0 Å². The molecule has 2 aromatic carbocycles. The van der Waals surface area contributed by atoms with Crippen LogP contribution in [-0.2, 0) is 10.8 Å². The molecule has 0 radical (unpaired) electrons. The molecule has 1 unspecified atom stereocenters. The van der Waals surface area contributed by atoms with Crippen LogP contribution < -0.4 is 0 Å². The standard InChI is InChI=1S/C20H24O2/c1-19(2,3)12-7-11-8-13(20(4,5)6)10-15-16(11)14(9-12)17(21)18(15)22/h7-10,17,21H,1-6H3. The lowest BCUT2D eigenvalue weighted by Gasteiger charge is -2.23. The zero-order chi connectivity index (χ0) is 16.4. The van der Waals surface area contributed by atoms with Crippen molar-refractivity contribution < 1.29 is 9.90 Å². The van der Waals surface area contributed by atoms with Gasteiger partial charge in [0.05, 0.1) is 0 Å². The van der Waals surface area contributed by atoms with Crippen molar-refractivity contribution >= 4 is 16.6 Å². The van der Waals surface area contributed by atoms with E-state index in [2.05, 4.69) is 53.7 Å². The molecule has 3 rings (SSSR count). The van der Waals surface area contributed by atoms with Gasteiger partial charge in [-0.2, -0.15) is 0 Å². The molecule has 0 aromatic heterocycles. The number of rotatable bonds is 0. The Kier molecular flexibility index (Phi) is 3.06. The van der Waals surface area contributed by atoms with E-state index in [0.717, 1.165) is 27.5 Å². The lowest BCUT2D eigenvalue weighted by Crippen LogP contribution is -2.13. The summed E-state index contributed by atoms with van der Waals surface area (Å²) in [4.78, 5) is 12.5. The number of aliphatic hydroxyl groups excluding tert-OH is 1. The van der Waals surface area contributed by atoms with Crippen LogP contribution in [0.5, 0.6) is 0 Å². The maximum absolute atomic E-state index is 12.5. The van der Waals surface area contributed by atoms with Crippen LogP contribution in [0.2, 0.25) is 0 Å². The van der Waals surface area contributed by atoms with Crippen LogP contribution in [0.25, 0.3) is 10.8 Å². The molecule has 116 valence electrons. The fourth-order valence-electron chi connectivity index (χ4n) is 3.11. The minimum Gasteiger partial charge on any atom is -0.380 e. The Morgan fingerprint density at radius 1 is 0.864 bits per heavy atom. The maximum Gasteiger partial charge on any atom is 0.196 e. The molecule has 2 aromatic rings. The highest BCUT2D eigenvalue weighted by Gasteiger charge is 2.34. The second kappa shape index (κ2) is 4.42. The summed E-state index contributed by atoms with van der Waals surface area (Å²) >= 11 is 0. The third-order valence-corrected chi connectivity index (χ3v) is 4.62. The molecule has 0 heterocycles. The average Bonchev–Trinajstić information content (AvgIpc) is 2.63. The van der Waals surface area contributed by atoms with Crippen LogP contribution >= 0.6 is 0 Å². The minimum atomic E-state index is -1.02. The first-order valence-electron chi connectivity index (χ1n) is 7.85. The van der Waals surface area contributed by atoms with Gasteiger partial charge in [0.2, 0.25) is 0 Å². The summed E-state index contributed by atoms with van der Waals surface area (Å²) in [7, 11) is 0. The van der Waals surface area contributed by atoms with Gasteiger partial charge in [-0.15, -0.1) is 0 Å². The van der Waals surface area contributed by atoms with Crippen LogP contribution in [0.15, 0.2) is 24.3 Å². The second-order valence-electron chi connectivity index (χ2n) is 8.45. The number of Topliss-reactive ketones (excluding diaryl/α,β-unsaturated/α-hetero) is 1. The largest absolute Gasteiger partial charge is 0.380 e. The van der Waals surface area contributed by atoms with E-state index in [-0.39, 0.29) is 16.6 Å². The van der Waals surface area contributed by atoms with E-state index in [1.165, 1.54) is 0 Å². The summed E-state index contributed by atoms with van der Waals surface area (Å²) in [5, 5.41) is 12.4. The normalized spacial score (nSPS) is 18.3. The minimum absolute atomic E-state index is 0.0199. The van der Waals surface area contributed by atoms with Gasteiger partial charge in [0, 0.05) is 5.56 Å². The molecular formula is C20H24O2. The lowest BCUT2D eigenvalue weighted by atomic mass is 9.82. The van der Waals surface area contributed by atoms with Gasteiger partial charge in [0.25, 0.3) is 0 Å². The Labute approximate surface area is 132 Å². The van der Waals surface area contributed by atoms with Crippen LogP contribution in [0, 0.1) is 0 Å². The van der Waals surface area contributed by atoms with Crippen molar-refractivity contribution in [2.24, 2.45) is 0 Å². The Bertz CT molecular complexity index is 781. The number of benzene rings is 2. The summed E-state index contributed by atoms with van der Waals surface area (Å²) < 4.78 is 0. The molecule has 2 nitrogen and oxygen atoms in total. The number of hydrogen-bond donors (Lipinski definition) is 1. The summed E-state index contributed by atoms with van der Waals surface area (Å²) in [5.41, 5.74) is 3.67. The topological polar surface area (TPSA) is 37.3 Å². The third kappa shape index (κ3) is 2.17. The Balaban J connectivity index is 2.41. The number of hydrogen-bond acceptors (Lipinski definition) is 2. The highest BCUT2D eigenvalue weighted by Crippen LogP contribution is 2.42. The zero-order valence-corrected chi connectivity index (χ0v) is 14.2. The molecule has 22 heavy (non-hydrogen) atoms. The van der Waals surface area contributed by atoms with Gasteiger partial charge in [-0.3, -0.25) is 4.79 Å². The highest BCUT2D eigenvalue weighted by atomic mass is 16.3. The molecule has 2 heteroatoms. The van der Waals surface area contributed by atoms with Gasteiger partial charge in [0.15, 0.2) is 5.78 Å². The first-order chi connectivity index (χ1) is 10.00. The molecule has 0 spiro atoms. The van der Waals surface area contributed by atoms with E-state index in [1.807, 2.05) is 12.1 Å². The van der Waals surface area contributed by atoms with Gasteiger partial charge in [-0.05, 0) is 44.4 Å². The molecule has 0 saturated carbocycles. The van der Waals surface area contributed by atoms with Gasteiger partial charge in [0.1, 0.15) is 6.10 Å². The van der Waals surface area contributed by atoms with Crippen LogP contribution in [0.4, 0.5) is 0 Å². The van der Waals surface area contributed by atoms with Crippen molar-refractivity contribution in [3.8, 4) is 0 Å². The molecule has 0 amide bonds. The first kappa shape index (κ1) is 15.2. The predicted molar refractivity (Wildman–Crippen MR) is 90.6 cm³/mol. The van der Waals surface area contributed by atoms with Gasteiger partial charge < -0.3 is 5.11 Å². The lowest BCUT2D eigenvalue weighted by molar-refractivity contribution is 0.0766. The molecule has 0 aliphatic heterocycles. The number of carbonyl (C=O) groups excluding carboxylic acids is 1. The monoisotopic (exact) mass is 296 g/mol. The SMILES string of the molecule is CC(C)(C)c1cc2c3c(cc(C(C)(C)C)cc3c1)C(O)C2=O. The number of aliphatic hydroxyl groups is 1. The second-order valence-corrected chi connectivity index (χ2v) is 8.45. The van der Waals surface area contributed by atoms with Crippen molar-refractivity contribution in [2.45, 2.75) is 58.5 Å². The quantitative estimate of drug-likeness (QED) is 0.767. The third-order valence-electron chi connectivity index (χ3n) is 4.62. The van der Waals surface area contributed by atoms with E-state index < -0.39 is 6.10 Å². The van der Waals surface area contributed by atoms with Crippen LogP contribution in [0.3, 0.4) is 0 Å². The molecule has 1 aliphatic carbocycles. The van der Waals surface area contributed by atoms with Crippen molar-refractivity contribution in [1.82, 2.24) is 0 Å². The Morgan fingerprint density at radius 3 is 1.86 bits per heavy atom. The molecule has 1 N–H and O–H groups in total. The molecule has 0 saturated heterocycles. The number of ketones is 1. The summed E-state index contributed by atoms with van der Waals surface area (Å²) in [5.74, 6) is -0.169. The van der Waals surface area contributed by atoms with Gasteiger partial charge in [-0.1, -0.05) is 59.7 Å². The smallest absolute Gasteiger partial charge is 0.196 e. The highest BCUT2D eigenvalue weighted by molar-refractivity contribution is 6.17. The van der Waals surface area contributed by atoms with Crippen molar-refractivity contribution in [1.29, 1.82) is 0 Å². The van der Waals surface area contributed by atoms with Crippen LogP contribution in [-0.4, -0.2) is 10.9 Å². The fraction of sp³-hybridized carbons (Fsp3) is 0.450. The van der Waals surface area contributed by atoms with E-state index in [1.54, 1.807) is 0 Å².